The van der Waals surface area contributed by atoms with E-state index in [-0.39, 0.29) is 91.9 Å². The molecule has 106 heavy (non-hydrogen) atoms. The van der Waals surface area contributed by atoms with Gasteiger partial charge in [0, 0.05) is 64.7 Å². The van der Waals surface area contributed by atoms with Crippen molar-refractivity contribution in [1.29, 1.82) is 0 Å². The number of ether oxygens (including phenoxy) is 1. The molecule has 0 spiro atoms. The minimum Gasteiger partial charge on any atom is -0.508 e. The first-order valence-electron chi connectivity index (χ1n) is 36.0. The molecule has 0 aliphatic carbocycles. The topological polar surface area (TPSA) is 579 Å². The summed E-state index contributed by atoms with van der Waals surface area (Å²) in [4.78, 5) is 183. The normalized spacial score (nSPS) is 23.3. The van der Waals surface area contributed by atoms with E-state index in [9.17, 15) is 63.6 Å². The Labute approximate surface area is 621 Å². The number of rotatable bonds is 34. The third kappa shape index (κ3) is 28.9. The summed E-state index contributed by atoms with van der Waals surface area (Å²) in [5.74, 6) is -16.5. The summed E-state index contributed by atoms with van der Waals surface area (Å²) >= 11 is 0. The maximum atomic E-state index is 15.3. The summed E-state index contributed by atoms with van der Waals surface area (Å²) in [5.41, 5.74) is 33.7. The quantitative estimate of drug-likeness (QED) is 0.0192. The number of benzene rings is 1. The van der Waals surface area contributed by atoms with Gasteiger partial charge in [-0.3, -0.25) is 67.5 Å². The summed E-state index contributed by atoms with van der Waals surface area (Å²) in [5, 5.41) is 66.7. The molecule has 1 aliphatic heterocycles. The lowest BCUT2D eigenvalue weighted by Gasteiger charge is -2.36. The number of phenols is 1. The van der Waals surface area contributed by atoms with Crippen LogP contribution in [0.15, 0.2) is 46.5 Å². The lowest BCUT2D eigenvalue weighted by atomic mass is 9.80. The SMILES string of the molecule is C=C1N[C@H](CCCN=C(N)N)C(=O)N[C@@H](CC(C)C)C(=O)N(C)[C@@H](CCC(N)=O)C(=O)NC(C(OC)c2ccc(O)cc2)C(=O)N(C)[C@@H](C)C(=O)C[C@H](C)[C@H](NC(=O)C(NC(=O)[C@H](O)[C@H](O)[C@H](CCCN=C(N)N)NC(=O)[C@H](C)NC(=O)C(C)[C@H](C)[C@@H](C)CC(C)C)[C@@H](C)[C@@H](C)C(N)=O)C(=O)N[C@H]1C(C)O. The molecule has 1 heterocycles. The van der Waals surface area contributed by atoms with E-state index in [2.05, 4.69) is 72.9 Å². The largest absolute Gasteiger partial charge is 0.508 e. The number of hydrogen-bond acceptors (Lipinski definition) is 20. The average Bonchev–Trinajstić information content (AvgIpc) is 0.811. The second-order valence-electron chi connectivity index (χ2n) is 29.1. The number of aliphatic hydroxyl groups excluding tert-OH is 3. The summed E-state index contributed by atoms with van der Waals surface area (Å²) < 4.78 is 5.87. The Morgan fingerprint density at radius 1 is 0.651 bits per heavy atom. The first-order valence-corrected chi connectivity index (χ1v) is 36.0. The number of aromatic hydroxyl groups is 1. The molecule has 0 saturated carbocycles. The van der Waals surface area contributed by atoms with E-state index in [1.165, 1.54) is 87.0 Å². The number of methoxy groups -OCH3 is 1. The molecule has 0 aromatic heterocycles. The number of primary amides is 2. The highest BCUT2D eigenvalue weighted by Crippen LogP contribution is 2.29. The van der Waals surface area contributed by atoms with E-state index in [0.717, 1.165) is 16.2 Å². The number of nitrogens with zero attached hydrogens (tertiary/aromatic N) is 4. The molecule has 598 valence electrons. The second kappa shape index (κ2) is 44.0. The number of aliphatic hydroxyl groups is 3. The van der Waals surface area contributed by atoms with Crippen LogP contribution in [0, 0.1) is 47.3 Å². The van der Waals surface area contributed by atoms with Crippen molar-refractivity contribution in [2.75, 3.05) is 34.3 Å². The number of aliphatic imine (C=N–C) groups is 2. The molecule has 35 nitrogen and oxygen atoms in total. The summed E-state index contributed by atoms with van der Waals surface area (Å²) in [7, 11) is 3.69. The number of Topliss-reactive ketones (excluding diaryl/α,β-unsaturated/α-hetero) is 1. The van der Waals surface area contributed by atoms with Crippen molar-refractivity contribution < 1.29 is 82.7 Å². The Morgan fingerprint density at radius 2 is 1.23 bits per heavy atom. The predicted octanol–water partition coefficient (Wildman–Crippen LogP) is -2.52. The van der Waals surface area contributed by atoms with Crippen LogP contribution in [-0.4, -0.2) is 226 Å². The molecule has 20 atom stereocenters. The molecular weight excluding hydrogens is 1380 g/mol. The van der Waals surface area contributed by atoms with Crippen molar-refractivity contribution in [2.45, 2.75) is 233 Å². The Hall–Kier alpha value is -9.22. The van der Waals surface area contributed by atoms with E-state index < -0.39 is 199 Å². The molecule has 0 bridgehead atoms. The minimum absolute atomic E-state index is 0.0194. The maximum absolute atomic E-state index is 15.3. The van der Waals surface area contributed by atoms with E-state index in [0.29, 0.717) is 5.92 Å². The van der Waals surface area contributed by atoms with E-state index in [4.69, 9.17) is 39.1 Å². The number of guanidine groups is 2. The second-order valence-corrected chi connectivity index (χ2v) is 29.1. The first kappa shape index (κ1) is 92.9. The van der Waals surface area contributed by atoms with E-state index in [1.807, 2.05) is 13.8 Å². The minimum atomic E-state index is -2.49. The third-order valence-corrected chi connectivity index (χ3v) is 19.6. The van der Waals surface area contributed by atoms with Gasteiger partial charge in [-0.15, -0.1) is 0 Å². The predicted molar refractivity (Wildman–Crippen MR) is 397 cm³/mol. The van der Waals surface area contributed by atoms with Gasteiger partial charge in [-0.25, -0.2) is 0 Å². The molecule has 35 heteroatoms. The van der Waals surface area contributed by atoms with Crippen LogP contribution in [0.1, 0.15) is 159 Å². The maximum Gasteiger partial charge on any atom is 0.252 e. The smallest absolute Gasteiger partial charge is 0.252 e. The molecule has 24 N–H and O–H groups in total. The number of ketones is 1. The number of hydrogen-bond donors (Lipinski definition) is 18. The number of carbonyl (C=O) groups is 12. The van der Waals surface area contributed by atoms with Crippen molar-refractivity contribution >= 4 is 82.7 Å². The Bertz CT molecular complexity index is 3220. The third-order valence-electron chi connectivity index (χ3n) is 19.6. The molecule has 1 aromatic rings. The van der Waals surface area contributed by atoms with Crippen LogP contribution in [0.3, 0.4) is 0 Å². The summed E-state index contributed by atoms with van der Waals surface area (Å²) in [6.45, 7) is 25.4. The zero-order valence-electron chi connectivity index (χ0n) is 64.3. The Morgan fingerprint density at radius 3 is 1.75 bits per heavy atom. The lowest BCUT2D eigenvalue weighted by molar-refractivity contribution is -0.147. The average molecular weight is 1500 g/mol. The number of amides is 11. The fraction of sp³-hybridized carbons (Fsp3) is 0.690. The highest BCUT2D eigenvalue weighted by atomic mass is 16.5. The van der Waals surface area contributed by atoms with Crippen molar-refractivity contribution in [3.63, 3.8) is 0 Å². The van der Waals surface area contributed by atoms with Gasteiger partial charge in [0.05, 0.1) is 24.2 Å². The van der Waals surface area contributed by atoms with Crippen LogP contribution >= 0.6 is 0 Å². The number of carbonyl (C=O) groups excluding carboxylic acids is 12. The van der Waals surface area contributed by atoms with Gasteiger partial charge < -0.3 is 112 Å². The van der Waals surface area contributed by atoms with Gasteiger partial charge >= 0.3 is 0 Å². The van der Waals surface area contributed by atoms with Crippen molar-refractivity contribution in [3.05, 3.63) is 42.1 Å². The molecule has 2 rings (SSSR count). The summed E-state index contributed by atoms with van der Waals surface area (Å²) in [6.07, 6.45) is -8.56. The van der Waals surface area contributed by atoms with Crippen LogP contribution in [0.4, 0.5) is 0 Å². The Balaban J connectivity index is 3.02. The number of phenolic OH excluding ortho intramolecular Hbond substituents is 1. The van der Waals surface area contributed by atoms with Crippen LogP contribution in [-0.2, 0) is 62.3 Å². The zero-order chi connectivity index (χ0) is 81.1. The highest BCUT2D eigenvalue weighted by Gasteiger charge is 2.44. The molecular formula is C71H122N18O17. The molecule has 1 aliphatic rings. The van der Waals surface area contributed by atoms with Crippen molar-refractivity contribution in [2.24, 2.45) is 91.7 Å². The molecule has 0 radical (unpaired) electrons. The van der Waals surface area contributed by atoms with Gasteiger partial charge in [-0.2, -0.15) is 0 Å². The van der Waals surface area contributed by atoms with Crippen LogP contribution in [0.25, 0.3) is 0 Å². The lowest BCUT2D eigenvalue weighted by Crippen LogP contribution is -2.63. The molecule has 1 fully saturated rings. The van der Waals surface area contributed by atoms with Crippen LogP contribution in [0.2, 0.25) is 0 Å². The van der Waals surface area contributed by atoms with Gasteiger partial charge in [0.15, 0.2) is 23.8 Å². The first-order chi connectivity index (χ1) is 49.3. The fourth-order valence-corrected chi connectivity index (χ4v) is 12.4. The molecule has 1 saturated heterocycles. The van der Waals surface area contributed by atoms with Gasteiger partial charge in [-0.05, 0) is 119 Å². The highest BCUT2D eigenvalue weighted by molar-refractivity contribution is 5.98. The monoisotopic (exact) mass is 1500 g/mol. The standard InChI is InChI=1S/C71H122N18O17/c1-33(2)30-35(5)37(7)40(10)61(97)81-42(12)62(98)82-47(20-18-28-78-70(74)75)57(94)58(95)67(103)85-54(38(8)39(9)60(73)96)66(102)84-53-36(6)32-51(92)43(13)88(15)69(105)56(59(106-17)45-22-24-46(91)25-23-45)87-64(100)50(26-27-52(72)93)89(16)68(104)49(31-34(3)4)83-63(99)48(21-19-29-79-71(76)77)80-41(11)55(44(14)90)86-65(53)101/h22-25,33-40,42-44,47-50,53-59,80,90-91,94-95H,11,18-21,26-32H2,1-10,12-17H3,(H2,72,93)(H2,73,96)(H,81,97)(H,82,98)(H,83,99)(H,84,102)(H,85,103)(H,86,101)(H,87,100)(H4,74,75,78)(H4,76,77,79)/t35-,36-,37+,38-,39+,40?,42-,43-,44?,47-,48+,49-,50-,53-,54?,55+,56?,57+,58+,59?/m0/s1. The van der Waals surface area contributed by atoms with Crippen molar-refractivity contribution in [3.8, 4) is 5.75 Å². The summed E-state index contributed by atoms with van der Waals surface area (Å²) in [6, 6.07) is -10.4. The van der Waals surface area contributed by atoms with Crippen LogP contribution < -0.4 is 76.9 Å². The number of likely N-dealkylation sites (N-methyl/N-ethyl adjacent to an activating group) is 2. The van der Waals surface area contributed by atoms with Crippen molar-refractivity contribution in [1.82, 2.24) is 52.3 Å². The van der Waals surface area contributed by atoms with E-state index >= 15 is 14.4 Å². The molecule has 11 amide bonds. The van der Waals surface area contributed by atoms with Gasteiger partial charge in [0.2, 0.25) is 59.1 Å². The zero-order valence-corrected chi connectivity index (χ0v) is 64.3. The number of nitrogens with one attached hydrogen (secondary N) is 8. The number of nitrogens with two attached hydrogens (primary N) is 6. The van der Waals surface area contributed by atoms with E-state index in [1.54, 1.807) is 20.8 Å². The van der Waals surface area contributed by atoms with Gasteiger partial charge in [0.25, 0.3) is 5.91 Å². The fourth-order valence-electron chi connectivity index (χ4n) is 12.4. The Kier molecular flexibility index (Phi) is 38.6. The molecule has 1 aromatic carbocycles. The van der Waals surface area contributed by atoms with Gasteiger partial charge in [-0.1, -0.05) is 87.9 Å². The molecule has 5 unspecified atom stereocenters. The van der Waals surface area contributed by atoms with Gasteiger partial charge in [0.1, 0.15) is 60.3 Å². The van der Waals surface area contributed by atoms with Crippen LogP contribution in [0.5, 0.6) is 5.75 Å².